The molecule has 0 radical (unpaired) electrons. The van der Waals surface area contributed by atoms with E-state index < -0.39 is 0 Å². The van der Waals surface area contributed by atoms with E-state index in [1.807, 2.05) is 56.3 Å². The lowest BCUT2D eigenvalue weighted by atomic mass is 10.1. The quantitative estimate of drug-likeness (QED) is 0.510. The SMILES string of the molecule is Cc1ccc2nc(C)c(C(=O)Nc3cccc(-c4nnc5n4CCCCC5)c3)cc2c1. The van der Waals surface area contributed by atoms with Gasteiger partial charge in [0, 0.05) is 29.6 Å². The van der Waals surface area contributed by atoms with Crippen LogP contribution in [0.15, 0.2) is 48.5 Å². The second-order valence-corrected chi connectivity index (χ2v) is 8.25. The lowest BCUT2D eigenvalue weighted by Gasteiger charge is -2.11. The first-order valence-electron chi connectivity index (χ1n) is 10.8. The van der Waals surface area contributed by atoms with Crippen molar-refractivity contribution in [1.29, 1.82) is 0 Å². The topological polar surface area (TPSA) is 72.7 Å². The highest BCUT2D eigenvalue weighted by Crippen LogP contribution is 2.26. The number of carbonyl (C=O) groups is 1. The van der Waals surface area contributed by atoms with Crippen molar-refractivity contribution >= 4 is 22.5 Å². The number of aromatic nitrogens is 4. The van der Waals surface area contributed by atoms with Crippen molar-refractivity contribution < 1.29 is 4.79 Å². The fourth-order valence-electron chi connectivity index (χ4n) is 4.26. The molecular formula is C25H25N5O. The predicted octanol–water partition coefficient (Wildman–Crippen LogP) is 5.09. The smallest absolute Gasteiger partial charge is 0.257 e. The van der Waals surface area contributed by atoms with Gasteiger partial charge in [-0.1, -0.05) is 30.2 Å². The maximum Gasteiger partial charge on any atom is 0.257 e. The minimum absolute atomic E-state index is 0.161. The molecule has 0 bridgehead atoms. The van der Waals surface area contributed by atoms with Gasteiger partial charge in [0.1, 0.15) is 5.82 Å². The van der Waals surface area contributed by atoms with Gasteiger partial charge in [-0.05, 0) is 57.0 Å². The van der Waals surface area contributed by atoms with Crippen molar-refractivity contribution in [1.82, 2.24) is 19.7 Å². The summed E-state index contributed by atoms with van der Waals surface area (Å²) in [4.78, 5) is 17.7. The summed E-state index contributed by atoms with van der Waals surface area (Å²) in [6.45, 7) is 4.85. The molecule has 1 aliphatic heterocycles. The number of anilines is 1. The van der Waals surface area contributed by atoms with Crippen LogP contribution in [0.3, 0.4) is 0 Å². The van der Waals surface area contributed by atoms with Crippen LogP contribution in [0.1, 0.15) is 46.7 Å². The molecule has 4 aromatic rings. The molecule has 156 valence electrons. The molecule has 0 fully saturated rings. The van der Waals surface area contributed by atoms with Gasteiger partial charge in [0.05, 0.1) is 16.8 Å². The third kappa shape index (κ3) is 3.81. The summed E-state index contributed by atoms with van der Waals surface area (Å²) >= 11 is 0. The average Bonchev–Trinajstić information content (AvgIpc) is 3.02. The van der Waals surface area contributed by atoms with Gasteiger partial charge < -0.3 is 9.88 Å². The second-order valence-electron chi connectivity index (χ2n) is 8.25. The summed E-state index contributed by atoms with van der Waals surface area (Å²) in [6, 6.07) is 15.8. The van der Waals surface area contributed by atoms with Crippen LogP contribution in [0.25, 0.3) is 22.3 Å². The second kappa shape index (κ2) is 7.95. The van der Waals surface area contributed by atoms with Gasteiger partial charge in [-0.15, -0.1) is 10.2 Å². The third-order valence-electron chi connectivity index (χ3n) is 5.89. The summed E-state index contributed by atoms with van der Waals surface area (Å²) in [5.41, 5.74) is 5.03. The van der Waals surface area contributed by atoms with E-state index in [1.54, 1.807) is 0 Å². The molecule has 0 saturated carbocycles. The Bertz CT molecular complexity index is 1290. The van der Waals surface area contributed by atoms with Gasteiger partial charge in [-0.25, -0.2) is 0 Å². The van der Waals surface area contributed by atoms with Gasteiger partial charge >= 0.3 is 0 Å². The molecule has 6 nitrogen and oxygen atoms in total. The van der Waals surface area contributed by atoms with Crippen LogP contribution in [0.5, 0.6) is 0 Å². The monoisotopic (exact) mass is 411 g/mol. The molecule has 6 heteroatoms. The lowest BCUT2D eigenvalue weighted by Crippen LogP contribution is -2.14. The Morgan fingerprint density at radius 2 is 1.90 bits per heavy atom. The number of fused-ring (bicyclic) bond motifs is 2. The summed E-state index contributed by atoms with van der Waals surface area (Å²) < 4.78 is 2.22. The predicted molar refractivity (Wildman–Crippen MR) is 122 cm³/mol. The normalized spacial score (nSPS) is 13.6. The van der Waals surface area contributed by atoms with Gasteiger partial charge in [0.15, 0.2) is 5.82 Å². The number of carbonyl (C=O) groups excluding carboxylic acids is 1. The van der Waals surface area contributed by atoms with Crippen molar-refractivity contribution in [2.24, 2.45) is 0 Å². The van der Waals surface area contributed by atoms with Crippen LogP contribution >= 0.6 is 0 Å². The van der Waals surface area contributed by atoms with E-state index in [0.29, 0.717) is 11.3 Å². The van der Waals surface area contributed by atoms with Crippen LogP contribution < -0.4 is 5.32 Å². The number of nitrogens with one attached hydrogen (secondary N) is 1. The van der Waals surface area contributed by atoms with Crippen LogP contribution in [0.2, 0.25) is 0 Å². The molecule has 0 atom stereocenters. The maximum atomic E-state index is 13.1. The fraction of sp³-hybridized carbons (Fsp3) is 0.280. The molecule has 0 saturated heterocycles. The third-order valence-corrected chi connectivity index (χ3v) is 5.89. The van der Waals surface area contributed by atoms with Gasteiger partial charge in [-0.3, -0.25) is 9.78 Å². The van der Waals surface area contributed by atoms with Crippen molar-refractivity contribution in [3.8, 4) is 11.4 Å². The van der Waals surface area contributed by atoms with E-state index >= 15 is 0 Å². The summed E-state index contributed by atoms with van der Waals surface area (Å²) in [5.74, 6) is 1.76. The Labute approximate surface area is 181 Å². The summed E-state index contributed by atoms with van der Waals surface area (Å²) in [7, 11) is 0. The molecule has 0 aliphatic carbocycles. The number of benzene rings is 2. The van der Waals surface area contributed by atoms with Crippen molar-refractivity contribution in [2.75, 3.05) is 5.32 Å². The Hall–Kier alpha value is -3.54. The zero-order valence-electron chi connectivity index (χ0n) is 17.9. The van der Waals surface area contributed by atoms with Gasteiger partial charge in [0.25, 0.3) is 5.91 Å². The molecule has 2 aromatic heterocycles. The van der Waals surface area contributed by atoms with Crippen molar-refractivity contribution in [2.45, 2.75) is 46.1 Å². The minimum atomic E-state index is -0.161. The van der Waals surface area contributed by atoms with Gasteiger partial charge in [-0.2, -0.15) is 0 Å². The number of pyridine rings is 1. The Balaban J connectivity index is 1.44. The van der Waals surface area contributed by atoms with E-state index in [9.17, 15) is 4.79 Å². The number of nitrogens with zero attached hydrogens (tertiary/aromatic N) is 4. The Morgan fingerprint density at radius 1 is 1.00 bits per heavy atom. The number of hydrogen-bond donors (Lipinski definition) is 1. The Morgan fingerprint density at radius 3 is 2.81 bits per heavy atom. The zero-order valence-corrected chi connectivity index (χ0v) is 17.9. The van der Waals surface area contributed by atoms with E-state index in [0.717, 1.165) is 65.2 Å². The molecule has 2 aromatic carbocycles. The number of hydrogen-bond acceptors (Lipinski definition) is 4. The summed E-state index contributed by atoms with van der Waals surface area (Å²) in [6.07, 6.45) is 4.49. The molecule has 1 aliphatic rings. The molecule has 31 heavy (non-hydrogen) atoms. The lowest BCUT2D eigenvalue weighted by molar-refractivity contribution is 0.102. The minimum Gasteiger partial charge on any atom is -0.322 e. The molecule has 3 heterocycles. The maximum absolute atomic E-state index is 13.1. The molecule has 0 spiro atoms. The van der Waals surface area contributed by atoms with Crippen LogP contribution in [0.4, 0.5) is 5.69 Å². The number of aryl methyl sites for hydroxylation is 3. The molecule has 1 N–H and O–H groups in total. The van der Waals surface area contributed by atoms with Gasteiger partial charge in [0.2, 0.25) is 0 Å². The standard InChI is InChI=1S/C25H25N5O/c1-16-10-11-22-19(13-16)15-21(17(2)26-22)25(31)27-20-8-6-7-18(14-20)24-29-28-23-9-4-3-5-12-30(23)24/h6-8,10-11,13-15H,3-5,9,12H2,1-2H3,(H,27,31). The van der Waals surface area contributed by atoms with Crippen molar-refractivity contribution in [3.63, 3.8) is 0 Å². The number of rotatable bonds is 3. The van der Waals surface area contributed by atoms with E-state index in [1.165, 1.54) is 6.42 Å². The van der Waals surface area contributed by atoms with Crippen molar-refractivity contribution in [3.05, 3.63) is 71.2 Å². The first-order valence-corrected chi connectivity index (χ1v) is 10.8. The first kappa shape index (κ1) is 19.4. The highest BCUT2D eigenvalue weighted by atomic mass is 16.1. The number of amides is 1. The summed E-state index contributed by atoms with van der Waals surface area (Å²) in [5, 5.41) is 12.8. The first-order chi connectivity index (χ1) is 15.1. The van der Waals surface area contributed by atoms with Crippen LogP contribution in [-0.4, -0.2) is 25.7 Å². The largest absolute Gasteiger partial charge is 0.322 e. The van der Waals surface area contributed by atoms with E-state index in [2.05, 4.69) is 31.1 Å². The van der Waals surface area contributed by atoms with Crippen LogP contribution in [0, 0.1) is 13.8 Å². The molecule has 0 unspecified atom stereocenters. The van der Waals surface area contributed by atoms with Crippen LogP contribution in [-0.2, 0) is 13.0 Å². The molecule has 1 amide bonds. The highest BCUT2D eigenvalue weighted by molar-refractivity contribution is 6.07. The Kier molecular flexibility index (Phi) is 4.98. The average molecular weight is 412 g/mol. The zero-order chi connectivity index (χ0) is 21.4. The van der Waals surface area contributed by atoms with E-state index in [4.69, 9.17) is 0 Å². The fourth-order valence-corrected chi connectivity index (χ4v) is 4.26. The molecular weight excluding hydrogens is 386 g/mol. The van der Waals surface area contributed by atoms with E-state index in [-0.39, 0.29) is 5.91 Å². The highest BCUT2D eigenvalue weighted by Gasteiger charge is 2.17. The molecule has 5 rings (SSSR count).